The SMILES string of the molecule is CC(O)CN(C(=O)C1CCN(c2cnccn2)CC1)C(C)C. The summed E-state index contributed by atoms with van der Waals surface area (Å²) in [4.78, 5) is 25.1. The highest BCUT2D eigenvalue weighted by Crippen LogP contribution is 2.23. The Morgan fingerprint density at radius 3 is 2.55 bits per heavy atom. The van der Waals surface area contributed by atoms with Gasteiger partial charge in [0.25, 0.3) is 0 Å². The summed E-state index contributed by atoms with van der Waals surface area (Å²) in [7, 11) is 0. The summed E-state index contributed by atoms with van der Waals surface area (Å²) in [6.45, 7) is 7.75. The van der Waals surface area contributed by atoms with Crippen molar-refractivity contribution in [3.05, 3.63) is 18.6 Å². The number of nitrogens with zero attached hydrogens (tertiary/aromatic N) is 4. The highest BCUT2D eigenvalue weighted by Gasteiger charge is 2.30. The van der Waals surface area contributed by atoms with E-state index in [-0.39, 0.29) is 17.9 Å². The van der Waals surface area contributed by atoms with Crippen molar-refractivity contribution in [1.29, 1.82) is 0 Å². The smallest absolute Gasteiger partial charge is 0.226 e. The highest BCUT2D eigenvalue weighted by atomic mass is 16.3. The molecule has 0 saturated carbocycles. The minimum absolute atomic E-state index is 0.0362. The fourth-order valence-electron chi connectivity index (χ4n) is 2.88. The predicted octanol–water partition coefficient (Wildman–Crippen LogP) is 1.31. The number of aromatic nitrogens is 2. The molecule has 22 heavy (non-hydrogen) atoms. The number of piperidine rings is 1. The maximum atomic E-state index is 12.7. The van der Waals surface area contributed by atoms with Crippen LogP contribution in [-0.4, -0.2) is 57.7 Å². The molecule has 1 aliphatic heterocycles. The van der Waals surface area contributed by atoms with E-state index in [1.165, 1.54) is 0 Å². The largest absolute Gasteiger partial charge is 0.392 e. The van der Waals surface area contributed by atoms with Crippen LogP contribution in [0.5, 0.6) is 0 Å². The number of aliphatic hydroxyl groups excluding tert-OH is 1. The second kappa shape index (κ2) is 7.54. The average Bonchev–Trinajstić information content (AvgIpc) is 2.52. The maximum Gasteiger partial charge on any atom is 0.226 e. The van der Waals surface area contributed by atoms with Crippen LogP contribution in [0.15, 0.2) is 18.6 Å². The van der Waals surface area contributed by atoms with Gasteiger partial charge in [-0.15, -0.1) is 0 Å². The molecule has 1 aromatic rings. The minimum atomic E-state index is -0.494. The Balaban J connectivity index is 1.94. The van der Waals surface area contributed by atoms with E-state index in [1.54, 1.807) is 30.4 Å². The average molecular weight is 306 g/mol. The van der Waals surface area contributed by atoms with Gasteiger partial charge in [0, 0.05) is 44.0 Å². The Labute approximate surface area is 132 Å². The molecule has 1 aromatic heterocycles. The van der Waals surface area contributed by atoms with E-state index in [4.69, 9.17) is 0 Å². The molecular weight excluding hydrogens is 280 g/mol. The van der Waals surface area contributed by atoms with Gasteiger partial charge in [0.15, 0.2) is 0 Å². The summed E-state index contributed by atoms with van der Waals surface area (Å²) < 4.78 is 0. The van der Waals surface area contributed by atoms with Crippen LogP contribution in [0.3, 0.4) is 0 Å². The molecule has 1 atom stereocenters. The summed E-state index contributed by atoms with van der Waals surface area (Å²) in [5, 5.41) is 9.59. The van der Waals surface area contributed by atoms with Crippen molar-refractivity contribution >= 4 is 11.7 Å². The Morgan fingerprint density at radius 1 is 1.36 bits per heavy atom. The molecule has 1 fully saturated rings. The van der Waals surface area contributed by atoms with Crippen LogP contribution in [0.2, 0.25) is 0 Å². The second-order valence-corrected chi connectivity index (χ2v) is 6.26. The molecule has 0 radical (unpaired) electrons. The molecule has 2 heterocycles. The van der Waals surface area contributed by atoms with E-state index in [9.17, 15) is 9.90 Å². The molecule has 6 nitrogen and oxygen atoms in total. The molecule has 2 rings (SSSR count). The van der Waals surface area contributed by atoms with Crippen LogP contribution >= 0.6 is 0 Å². The first kappa shape index (κ1) is 16.7. The summed E-state index contributed by atoms with van der Waals surface area (Å²) in [5.74, 6) is 1.07. The highest BCUT2D eigenvalue weighted by molar-refractivity contribution is 5.79. The summed E-state index contributed by atoms with van der Waals surface area (Å²) in [6, 6.07) is 0.111. The zero-order valence-electron chi connectivity index (χ0n) is 13.6. The lowest BCUT2D eigenvalue weighted by molar-refractivity contribution is -0.139. The van der Waals surface area contributed by atoms with Gasteiger partial charge in [0.1, 0.15) is 5.82 Å². The molecule has 0 bridgehead atoms. The molecule has 1 amide bonds. The molecular formula is C16H26N4O2. The van der Waals surface area contributed by atoms with E-state index in [0.717, 1.165) is 31.7 Å². The van der Waals surface area contributed by atoms with Gasteiger partial charge in [0.2, 0.25) is 5.91 Å². The van der Waals surface area contributed by atoms with Crippen LogP contribution in [0.25, 0.3) is 0 Å². The van der Waals surface area contributed by atoms with E-state index in [0.29, 0.717) is 6.54 Å². The third-order valence-corrected chi connectivity index (χ3v) is 4.09. The fraction of sp³-hybridized carbons (Fsp3) is 0.688. The Bertz CT molecular complexity index is 470. The lowest BCUT2D eigenvalue weighted by Gasteiger charge is -2.36. The molecule has 0 aromatic carbocycles. The normalized spacial score (nSPS) is 17.6. The molecule has 122 valence electrons. The maximum absolute atomic E-state index is 12.7. The van der Waals surface area contributed by atoms with Crippen molar-refractivity contribution in [2.75, 3.05) is 24.5 Å². The van der Waals surface area contributed by atoms with Crippen LogP contribution < -0.4 is 4.90 Å². The van der Waals surface area contributed by atoms with Crippen molar-refractivity contribution < 1.29 is 9.90 Å². The monoisotopic (exact) mass is 306 g/mol. The first-order valence-electron chi connectivity index (χ1n) is 7.98. The van der Waals surface area contributed by atoms with Crippen LogP contribution in [0.1, 0.15) is 33.6 Å². The van der Waals surface area contributed by atoms with Crippen molar-refractivity contribution in [2.45, 2.75) is 45.8 Å². The first-order valence-corrected chi connectivity index (χ1v) is 7.98. The zero-order valence-corrected chi connectivity index (χ0v) is 13.6. The Hall–Kier alpha value is -1.69. The number of anilines is 1. The van der Waals surface area contributed by atoms with Gasteiger partial charge in [-0.2, -0.15) is 0 Å². The Morgan fingerprint density at radius 2 is 2.05 bits per heavy atom. The summed E-state index contributed by atoms with van der Waals surface area (Å²) in [6.07, 6.45) is 6.25. The van der Waals surface area contributed by atoms with E-state index in [2.05, 4.69) is 14.9 Å². The number of aliphatic hydroxyl groups is 1. The zero-order chi connectivity index (χ0) is 16.1. The second-order valence-electron chi connectivity index (χ2n) is 6.26. The van der Waals surface area contributed by atoms with Crippen LogP contribution in [0, 0.1) is 5.92 Å². The van der Waals surface area contributed by atoms with Gasteiger partial charge in [0.05, 0.1) is 12.3 Å². The van der Waals surface area contributed by atoms with Crippen molar-refractivity contribution in [3.63, 3.8) is 0 Å². The number of hydrogen-bond donors (Lipinski definition) is 1. The van der Waals surface area contributed by atoms with Gasteiger partial charge >= 0.3 is 0 Å². The van der Waals surface area contributed by atoms with Crippen LogP contribution in [0.4, 0.5) is 5.82 Å². The number of amides is 1. The fourth-order valence-corrected chi connectivity index (χ4v) is 2.88. The molecule has 6 heteroatoms. The van der Waals surface area contributed by atoms with E-state index < -0.39 is 6.10 Å². The third kappa shape index (κ3) is 4.16. The van der Waals surface area contributed by atoms with Crippen molar-refractivity contribution in [3.8, 4) is 0 Å². The number of carbonyl (C=O) groups excluding carboxylic acids is 1. The van der Waals surface area contributed by atoms with Crippen molar-refractivity contribution in [2.24, 2.45) is 5.92 Å². The lowest BCUT2D eigenvalue weighted by atomic mass is 9.94. The van der Waals surface area contributed by atoms with Crippen molar-refractivity contribution in [1.82, 2.24) is 14.9 Å². The quantitative estimate of drug-likeness (QED) is 0.888. The molecule has 1 unspecified atom stereocenters. The van der Waals surface area contributed by atoms with Gasteiger partial charge in [-0.05, 0) is 33.6 Å². The summed E-state index contributed by atoms with van der Waals surface area (Å²) in [5.41, 5.74) is 0. The van der Waals surface area contributed by atoms with Gasteiger partial charge in [-0.3, -0.25) is 9.78 Å². The van der Waals surface area contributed by atoms with Gasteiger partial charge in [-0.25, -0.2) is 4.98 Å². The molecule has 0 spiro atoms. The number of rotatable bonds is 5. The van der Waals surface area contributed by atoms with Gasteiger partial charge in [-0.1, -0.05) is 0 Å². The minimum Gasteiger partial charge on any atom is -0.392 e. The standard InChI is InChI=1S/C16H26N4O2/c1-12(2)20(11-13(3)21)16(22)14-4-8-19(9-5-14)15-10-17-6-7-18-15/h6-7,10,12-14,21H,4-5,8-9,11H2,1-3H3. The Kier molecular flexibility index (Phi) is 5.71. The van der Waals surface area contributed by atoms with E-state index in [1.807, 2.05) is 13.8 Å². The topological polar surface area (TPSA) is 69.6 Å². The molecule has 1 aliphatic rings. The number of hydrogen-bond acceptors (Lipinski definition) is 5. The number of carbonyl (C=O) groups is 1. The lowest BCUT2D eigenvalue weighted by Crippen LogP contribution is -2.47. The van der Waals surface area contributed by atoms with Gasteiger partial charge < -0.3 is 14.9 Å². The van der Waals surface area contributed by atoms with E-state index >= 15 is 0 Å². The third-order valence-electron chi connectivity index (χ3n) is 4.09. The molecule has 1 N–H and O–H groups in total. The van der Waals surface area contributed by atoms with Crippen LogP contribution in [-0.2, 0) is 4.79 Å². The first-order chi connectivity index (χ1) is 10.5. The summed E-state index contributed by atoms with van der Waals surface area (Å²) >= 11 is 0. The molecule has 1 saturated heterocycles. The predicted molar refractivity (Wildman–Crippen MR) is 85.5 cm³/mol. The molecule has 0 aliphatic carbocycles.